The third kappa shape index (κ3) is 2.21. The van der Waals surface area contributed by atoms with Gasteiger partial charge in [-0.25, -0.2) is 4.39 Å². The predicted molar refractivity (Wildman–Crippen MR) is 86.5 cm³/mol. The van der Waals surface area contributed by atoms with Crippen molar-refractivity contribution in [3.63, 3.8) is 0 Å². The fourth-order valence-electron chi connectivity index (χ4n) is 2.66. The first-order valence-corrected chi connectivity index (χ1v) is 7.35. The molecule has 7 heteroatoms. The van der Waals surface area contributed by atoms with E-state index in [9.17, 15) is 9.18 Å². The standard InChI is InChI=1S/C17H13FN4O2/c1-21-16(23)13-4-2-3-5-14(13)22-15(19-20-17(21)22)10-24-12-8-6-11(18)7-9-12/h2-9H,10H2,1H3. The fraction of sp³-hybridized carbons (Fsp3) is 0.118. The molecule has 0 aliphatic carbocycles. The van der Waals surface area contributed by atoms with Crippen molar-refractivity contribution in [2.75, 3.05) is 0 Å². The van der Waals surface area contributed by atoms with Gasteiger partial charge >= 0.3 is 0 Å². The van der Waals surface area contributed by atoms with Crippen molar-refractivity contribution in [3.8, 4) is 5.75 Å². The van der Waals surface area contributed by atoms with Gasteiger partial charge in [-0.1, -0.05) is 12.1 Å². The summed E-state index contributed by atoms with van der Waals surface area (Å²) in [5, 5.41) is 8.80. The van der Waals surface area contributed by atoms with Gasteiger partial charge in [-0.3, -0.25) is 13.8 Å². The lowest BCUT2D eigenvalue weighted by Gasteiger charge is -2.08. The van der Waals surface area contributed by atoms with Crippen molar-refractivity contribution >= 4 is 16.7 Å². The molecule has 24 heavy (non-hydrogen) atoms. The summed E-state index contributed by atoms with van der Waals surface area (Å²) in [5.41, 5.74) is 0.592. The molecule has 0 amide bonds. The summed E-state index contributed by atoms with van der Waals surface area (Å²) in [6.07, 6.45) is 0. The molecule has 2 aromatic carbocycles. The molecule has 4 rings (SSSR count). The minimum atomic E-state index is -0.323. The Morgan fingerprint density at radius 1 is 1.08 bits per heavy atom. The second-order valence-corrected chi connectivity index (χ2v) is 5.38. The summed E-state index contributed by atoms with van der Waals surface area (Å²) in [4.78, 5) is 12.4. The van der Waals surface area contributed by atoms with Crippen LogP contribution in [0.1, 0.15) is 5.82 Å². The van der Waals surface area contributed by atoms with Crippen molar-refractivity contribution in [1.29, 1.82) is 0 Å². The van der Waals surface area contributed by atoms with Crippen molar-refractivity contribution in [2.45, 2.75) is 6.61 Å². The molecular formula is C17H13FN4O2. The average Bonchev–Trinajstić information content (AvgIpc) is 3.03. The highest BCUT2D eigenvalue weighted by atomic mass is 19.1. The molecule has 120 valence electrons. The van der Waals surface area contributed by atoms with E-state index in [1.54, 1.807) is 29.6 Å². The first-order chi connectivity index (χ1) is 11.6. The Bertz CT molecular complexity index is 1100. The van der Waals surface area contributed by atoms with E-state index in [2.05, 4.69) is 10.2 Å². The maximum atomic E-state index is 13.0. The van der Waals surface area contributed by atoms with Gasteiger partial charge in [-0.2, -0.15) is 0 Å². The van der Waals surface area contributed by atoms with E-state index in [1.807, 2.05) is 18.2 Å². The number of nitrogens with zero attached hydrogens (tertiary/aromatic N) is 4. The van der Waals surface area contributed by atoms with Crippen LogP contribution in [-0.4, -0.2) is 19.2 Å². The monoisotopic (exact) mass is 324 g/mol. The van der Waals surface area contributed by atoms with Crippen LogP contribution in [0.25, 0.3) is 16.7 Å². The number of para-hydroxylation sites is 1. The second kappa shape index (κ2) is 5.45. The summed E-state index contributed by atoms with van der Waals surface area (Å²) in [5.74, 6) is 1.20. The Kier molecular flexibility index (Phi) is 3.26. The summed E-state index contributed by atoms with van der Waals surface area (Å²) >= 11 is 0. The molecule has 2 heterocycles. The Hall–Kier alpha value is -3.22. The normalized spacial score (nSPS) is 11.2. The molecule has 0 aliphatic rings. The van der Waals surface area contributed by atoms with Crippen molar-refractivity contribution in [2.24, 2.45) is 7.05 Å². The van der Waals surface area contributed by atoms with Gasteiger partial charge in [0.2, 0.25) is 5.78 Å². The zero-order valence-electron chi connectivity index (χ0n) is 12.8. The van der Waals surface area contributed by atoms with Gasteiger partial charge in [0.05, 0.1) is 10.9 Å². The van der Waals surface area contributed by atoms with Crippen molar-refractivity contribution in [1.82, 2.24) is 19.2 Å². The topological polar surface area (TPSA) is 61.4 Å². The maximum Gasteiger partial charge on any atom is 0.262 e. The quantitative estimate of drug-likeness (QED) is 0.580. The minimum absolute atomic E-state index is 0.128. The summed E-state index contributed by atoms with van der Waals surface area (Å²) in [6, 6.07) is 13.0. The Balaban J connectivity index is 1.82. The third-order valence-electron chi connectivity index (χ3n) is 3.87. The van der Waals surface area contributed by atoms with Crippen LogP contribution in [0.15, 0.2) is 53.3 Å². The summed E-state index contributed by atoms with van der Waals surface area (Å²) in [7, 11) is 1.66. The molecular weight excluding hydrogens is 311 g/mol. The van der Waals surface area contributed by atoms with Gasteiger partial charge in [-0.15, -0.1) is 10.2 Å². The van der Waals surface area contributed by atoms with Crippen LogP contribution in [0.4, 0.5) is 4.39 Å². The molecule has 4 aromatic rings. The molecule has 0 bridgehead atoms. The van der Waals surface area contributed by atoms with E-state index in [0.29, 0.717) is 22.7 Å². The van der Waals surface area contributed by atoms with Gasteiger partial charge in [0, 0.05) is 7.05 Å². The van der Waals surface area contributed by atoms with E-state index in [-0.39, 0.29) is 18.0 Å². The van der Waals surface area contributed by atoms with Gasteiger partial charge in [0.15, 0.2) is 5.82 Å². The fourth-order valence-corrected chi connectivity index (χ4v) is 2.66. The lowest BCUT2D eigenvalue weighted by molar-refractivity contribution is 0.294. The van der Waals surface area contributed by atoms with E-state index < -0.39 is 0 Å². The van der Waals surface area contributed by atoms with Gasteiger partial charge in [-0.05, 0) is 36.4 Å². The lowest BCUT2D eigenvalue weighted by Crippen LogP contribution is -2.20. The van der Waals surface area contributed by atoms with Crippen molar-refractivity contribution < 1.29 is 9.13 Å². The van der Waals surface area contributed by atoms with E-state index >= 15 is 0 Å². The molecule has 0 aliphatic heterocycles. The number of rotatable bonds is 3. The molecule has 0 spiro atoms. The molecule has 0 fully saturated rings. The zero-order valence-corrected chi connectivity index (χ0v) is 12.8. The third-order valence-corrected chi connectivity index (χ3v) is 3.87. The molecule has 0 saturated heterocycles. The van der Waals surface area contributed by atoms with E-state index in [1.165, 1.54) is 16.7 Å². The molecule has 6 nitrogen and oxygen atoms in total. The van der Waals surface area contributed by atoms with E-state index in [4.69, 9.17) is 4.74 Å². The SMILES string of the molecule is Cn1c(=O)c2ccccc2n2c(COc3ccc(F)cc3)nnc12. The largest absolute Gasteiger partial charge is 0.486 e. The lowest BCUT2D eigenvalue weighted by atomic mass is 10.2. The molecule has 0 N–H and O–H groups in total. The van der Waals surface area contributed by atoms with Gasteiger partial charge < -0.3 is 4.74 Å². The number of halogens is 1. The van der Waals surface area contributed by atoms with Crippen LogP contribution < -0.4 is 10.3 Å². The molecule has 2 aromatic heterocycles. The first-order valence-electron chi connectivity index (χ1n) is 7.35. The average molecular weight is 324 g/mol. The van der Waals surface area contributed by atoms with Crippen LogP contribution in [0.5, 0.6) is 5.75 Å². The van der Waals surface area contributed by atoms with Gasteiger partial charge in [0.25, 0.3) is 5.56 Å². The number of benzene rings is 2. The van der Waals surface area contributed by atoms with E-state index in [0.717, 1.165) is 5.52 Å². The second-order valence-electron chi connectivity index (χ2n) is 5.38. The predicted octanol–water partition coefficient (Wildman–Crippen LogP) is 2.30. The van der Waals surface area contributed by atoms with Crippen LogP contribution in [0.3, 0.4) is 0 Å². The summed E-state index contributed by atoms with van der Waals surface area (Å²) < 4.78 is 21.9. The molecule has 0 atom stereocenters. The Labute approximate surface area is 135 Å². The van der Waals surface area contributed by atoms with Crippen molar-refractivity contribution in [3.05, 3.63) is 70.5 Å². The Morgan fingerprint density at radius 3 is 2.62 bits per heavy atom. The van der Waals surface area contributed by atoms with Crippen LogP contribution in [-0.2, 0) is 13.7 Å². The highest BCUT2D eigenvalue weighted by molar-refractivity contribution is 5.80. The highest BCUT2D eigenvalue weighted by Gasteiger charge is 2.14. The number of fused-ring (bicyclic) bond motifs is 3. The van der Waals surface area contributed by atoms with Crippen LogP contribution in [0, 0.1) is 5.82 Å². The number of ether oxygens (including phenoxy) is 1. The smallest absolute Gasteiger partial charge is 0.262 e. The van der Waals surface area contributed by atoms with Gasteiger partial charge in [0.1, 0.15) is 18.2 Å². The molecule has 0 saturated carbocycles. The van der Waals surface area contributed by atoms with Crippen LogP contribution >= 0.6 is 0 Å². The molecule has 0 radical (unpaired) electrons. The maximum absolute atomic E-state index is 13.0. The zero-order chi connectivity index (χ0) is 16.7. The molecule has 0 unspecified atom stereocenters. The number of aryl methyl sites for hydroxylation is 1. The number of hydrogen-bond acceptors (Lipinski definition) is 4. The summed E-state index contributed by atoms with van der Waals surface area (Å²) in [6.45, 7) is 0.148. The minimum Gasteiger partial charge on any atom is -0.486 e. The number of aromatic nitrogens is 4. The highest BCUT2D eigenvalue weighted by Crippen LogP contribution is 2.16. The number of hydrogen-bond donors (Lipinski definition) is 0. The first kappa shape index (κ1) is 14.4. The Morgan fingerprint density at radius 2 is 1.83 bits per heavy atom. The van der Waals surface area contributed by atoms with Crippen LogP contribution in [0.2, 0.25) is 0 Å².